The van der Waals surface area contributed by atoms with Crippen LogP contribution in [0.1, 0.15) is 52.5 Å². The van der Waals surface area contributed by atoms with Crippen molar-refractivity contribution in [3.63, 3.8) is 0 Å². The van der Waals surface area contributed by atoms with Gasteiger partial charge in [-0.2, -0.15) is 0 Å². The fourth-order valence-electron chi connectivity index (χ4n) is 2.32. The molecule has 0 unspecified atom stereocenters. The number of nitrogens with one attached hydrogen (secondary N) is 1. The van der Waals surface area contributed by atoms with Gasteiger partial charge in [-0.05, 0) is 56.3 Å². The van der Waals surface area contributed by atoms with Crippen molar-refractivity contribution in [1.29, 1.82) is 0 Å². The van der Waals surface area contributed by atoms with Gasteiger partial charge < -0.3 is 11.1 Å². The maximum Gasteiger partial charge on any atom is 0.220 e. The number of hydrogen-bond acceptors (Lipinski definition) is 2. The molecule has 0 spiro atoms. The predicted octanol–water partition coefficient (Wildman–Crippen LogP) is 3.96. The van der Waals surface area contributed by atoms with Crippen LogP contribution in [0, 0.1) is 5.41 Å². The van der Waals surface area contributed by atoms with Gasteiger partial charge in [-0.1, -0.05) is 41.9 Å². The van der Waals surface area contributed by atoms with Crippen LogP contribution in [0.25, 0.3) is 0 Å². The summed E-state index contributed by atoms with van der Waals surface area (Å²) in [5, 5.41) is 3.12. The van der Waals surface area contributed by atoms with E-state index in [9.17, 15) is 4.79 Å². The molecule has 1 amide bonds. The van der Waals surface area contributed by atoms with Gasteiger partial charge >= 0.3 is 0 Å². The van der Waals surface area contributed by atoms with Crippen molar-refractivity contribution in [3.05, 3.63) is 34.3 Å². The quantitative estimate of drug-likeness (QED) is 0.778. The summed E-state index contributed by atoms with van der Waals surface area (Å²) in [6, 6.07) is 8.05. The van der Waals surface area contributed by atoms with Crippen molar-refractivity contribution in [1.82, 2.24) is 5.32 Å². The van der Waals surface area contributed by atoms with Crippen LogP contribution in [0.2, 0.25) is 0 Å². The van der Waals surface area contributed by atoms with E-state index >= 15 is 0 Å². The number of halogens is 1. The highest BCUT2D eigenvalue weighted by atomic mass is 79.9. The number of hydrogen-bond donors (Lipinski definition) is 2. The van der Waals surface area contributed by atoms with E-state index in [2.05, 4.69) is 35.1 Å². The Labute approximate surface area is 136 Å². The Hall–Kier alpha value is -0.870. The van der Waals surface area contributed by atoms with Crippen LogP contribution in [0.3, 0.4) is 0 Å². The summed E-state index contributed by atoms with van der Waals surface area (Å²) in [5.74, 6) is 0.0908. The van der Waals surface area contributed by atoms with Gasteiger partial charge in [-0.15, -0.1) is 0 Å². The lowest BCUT2D eigenvalue weighted by Crippen LogP contribution is -2.41. The van der Waals surface area contributed by atoms with Crippen molar-refractivity contribution in [2.75, 3.05) is 6.54 Å². The van der Waals surface area contributed by atoms with Gasteiger partial charge in [0.2, 0.25) is 5.91 Å². The molecule has 0 bridgehead atoms. The third-order valence-corrected chi connectivity index (χ3v) is 4.40. The topological polar surface area (TPSA) is 55.1 Å². The Balaban J connectivity index is 2.59. The van der Waals surface area contributed by atoms with Crippen molar-refractivity contribution in [3.8, 4) is 0 Å². The monoisotopic (exact) mass is 354 g/mol. The molecule has 0 aromatic heterocycles. The van der Waals surface area contributed by atoms with Crippen LogP contribution in [0.4, 0.5) is 0 Å². The summed E-state index contributed by atoms with van der Waals surface area (Å²) < 4.78 is 1.04. The van der Waals surface area contributed by atoms with Gasteiger partial charge in [-0.25, -0.2) is 0 Å². The van der Waals surface area contributed by atoms with Crippen LogP contribution in [0.15, 0.2) is 28.7 Å². The zero-order chi connectivity index (χ0) is 16.1. The van der Waals surface area contributed by atoms with Crippen molar-refractivity contribution in [2.24, 2.45) is 11.1 Å². The lowest BCUT2D eigenvalue weighted by Gasteiger charge is -2.29. The molecule has 0 saturated heterocycles. The summed E-state index contributed by atoms with van der Waals surface area (Å²) in [4.78, 5) is 12.2. The average molecular weight is 355 g/mol. The average Bonchev–Trinajstić information content (AvgIpc) is 2.36. The largest absolute Gasteiger partial charge is 0.347 e. The maximum atomic E-state index is 12.2. The first-order valence-electron chi connectivity index (χ1n) is 7.43. The number of benzene rings is 1. The molecule has 0 atom stereocenters. The Morgan fingerprint density at radius 2 is 1.71 bits per heavy atom. The van der Waals surface area contributed by atoms with Crippen molar-refractivity contribution in [2.45, 2.75) is 52.5 Å². The van der Waals surface area contributed by atoms with Crippen LogP contribution in [0.5, 0.6) is 0 Å². The smallest absolute Gasteiger partial charge is 0.220 e. The molecular formula is C17H27BrN2O. The normalized spacial score (nSPS) is 12.3. The summed E-state index contributed by atoms with van der Waals surface area (Å²) in [5.41, 5.74) is 6.46. The van der Waals surface area contributed by atoms with E-state index in [1.165, 1.54) is 0 Å². The van der Waals surface area contributed by atoms with Gasteiger partial charge in [0.25, 0.3) is 0 Å². The standard InChI is InChI=1S/C17H27BrN2O/c1-16(2,11-12-19)10-9-15(21)20-17(3,4)13-5-7-14(18)8-6-13/h5-8H,9-12,19H2,1-4H3,(H,20,21). The predicted molar refractivity (Wildman–Crippen MR) is 92.0 cm³/mol. The molecular weight excluding hydrogens is 328 g/mol. The molecule has 0 aliphatic rings. The third-order valence-electron chi connectivity index (χ3n) is 3.87. The second-order valence-corrected chi connectivity index (χ2v) is 7.80. The number of rotatable bonds is 7. The molecule has 4 heteroatoms. The number of nitrogens with two attached hydrogens (primary N) is 1. The highest BCUT2D eigenvalue weighted by Crippen LogP contribution is 2.27. The second kappa shape index (κ2) is 7.41. The van der Waals surface area contributed by atoms with Gasteiger partial charge in [-0.3, -0.25) is 4.79 Å². The first kappa shape index (κ1) is 18.2. The first-order chi connectivity index (χ1) is 9.66. The van der Waals surface area contributed by atoms with Gasteiger partial charge in [0.15, 0.2) is 0 Å². The summed E-state index contributed by atoms with van der Waals surface area (Å²) >= 11 is 3.43. The number of carbonyl (C=O) groups excluding carboxylic acids is 1. The summed E-state index contributed by atoms with van der Waals surface area (Å²) in [6.45, 7) is 9.04. The van der Waals surface area contributed by atoms with E-state index in [0.29, 0.717) is 13.0 Å². The highest BCUT2D eigenvalue weighted by Gasteiger charge is 2.24. The van der Waals surface area contributed by atoms with E-state index in [1.807, 2.05) is 38.1 Å². The van der Waals surface area contributed by atoms with E-state index in [0.717, 1.165) is 22.9 Å². The van der Waals surface area contributed by atoms with E-state index in [1.54, 1.807) is 0 Å². The molecule has 0 radical (unpaired) electrons. The lowest BCUT2D eigenvalue weighted by molar-refractivity contribution is -0.123. The molecule has 1 aromatic carbocycles. The second-order valence-electron chi connectivity index (χ2n) is 6.88. The molecule has 118 valence electrons. The number of amides is 1. The molecule has 0 heterocycles. The maximum absolute atomic E-state index is 12.2. The molecule has 0 aliphatic carbocycles. The third kappa shape index (κ3) is 6.18. The van der Waals surface area contributed by atoms with Crippen LogP contribution in [-0.4, -0.2) is 12.5 Å². The minimum absolute atomic E-state index is 0.0908. The van der Waals surface area contributed by atoms with Crippen LogP contribution in [-0.2, 0) is 10.3 Å². The zero-order valence-corrected chi connectivity index (χ0v) is 15.1. The fraction of sp³-hybridized carbons (Fsp3) is 0.588. The van der Waals surface area contributed by atoms with Gasteiger partial charge in [0.1, 0.15) is 0 Å². The fourth-order valence-corrected chi connectivity index (χ4v) is 2.58. The Morgan fingerprint density at radius 1 is 1.14 bits per heavy atom. The molecule has 0 fully saturated rings. The Bertz CT molecular complexity index is 466. The lowest BCUT2D eigenvalue weighted by atomic mass is 9.84. The minimum atomic E-state index is -0.365. The summed E-state index contributed by atoms with van der Waals surface area (Å²) in [6.07, 6.45) is 2.33. The van der Waals surface area contributed by atoms with Crippen LogP contribution < -0.4 is 11.1 Å². The van der Waals surface area contributed by atoms with E-state index in [4.69, 9.17) is 5.73 Å². The molecule has 3 nitrogen and oxygen atoms in total. The minimum Gasteiger partial charge on any atom is -0.347 e. The molecule has 1 rings (SSSR count). The summed E-state index contributed by atoms with van der Waals surface area (Å²) in [7, 11) is 0. The molecule has 21 heavy (non-hydrogen) atoms. The Kier molecular flexibility index (Phi) is 6.41. The Morgan fingerprint density at radius 3 is 2.24 bits per heavy atom. The molecule has 1 aromatic rings. The molecule has 3 N–H and O–H groups in total. The first-order valence-corrected chi connectivity index (χ1v) is 8.23. The molecule has 0 saturated carbocycles. The molecule has 0 aliphatic heterocycles. The zero-order valence-electron chi connectivity index (χ0n) is 13.5. The highest BCUT2D eigenvalue weighted by molar-refractivity contribution is 9.10. The van der Waals surface area contributed by atoms with E-state index < -0.39 is 0 Å². The number of carbonyl (C=O) groups is 1. The van der Waals surface area contributed by atoms with Crippen molar-refractivity contribution < 1.29 is 4.79 Å². The van der Waals surface area contributed by atoms with Gasteiger partial charge in [0, 0.05) is 10.9 Å². The van der Waals surface area contributed by atoms with E-state index in [-0.39, 0.29) is 16.9 Å². The van der Waals surface area contributed by atoms with Crippen LogP contribution >= 0.6 is 15.9 Å². The SMILES string of the molecule is CC(C)(CCN)CCC(=O)NC(C)(C)c1ccc(Br)cc1. The van der Waals surface area contributed by atoms with Gasteiger partial charge in [0.05, 0.1) is 5.54 Å². The van der Waals surface area contributed by atoms with Crippen molar-refractivity contribution >= 4 is 21.8 Å².